The Morgan fingerprint density at radius 2 is 1.93 bits per heavy atom. The molecule has 1 fully saturated rings. The monoisotopic (exact) mass is 437 g/mol. The standard InChI is InChI=1S/C19H17F2N3OS3/c20-13-8-12(9-14(21)10-13)11-27-18-24-23-17(28-18)22-16(25)19(5-1-2-6-19)15-4-3-7-26-15/h3-4,7-10H,1-2,5-6,11H2,(H,22,23,25). The number of aromatic nitrogens is 2. The van der Waals surface area contributed by atoms with E-state index in [9.17, 15) is 13.6 Å². The highest BCUT2D eigenvalue weighted by Crippen LogP contribution is 2.44. The Balaban J connectivity index is 1.42. The average Bonchev–Trinajstić information content (AvgIpc) is 3.40. The molecule has 1 aliphatic rings. The number of rotatable bonds is 6. The van der Waals surface area contributed by atoms with Gasteiger partial charge >= 0.3 is 0 Å². The lowest BCUT2D eigenvalue weighted by molar-refractivity contribution is -0.121. The molecule has 28 heavy (non-hydrogen) atoms. The van der Waals surface area contributed by atoms with Crippen LogP contribution < -0.4 is 5.32 Å². The maximum Gasteiger partial charge on any atom is 0.237 e. The van der Waals surface area contributed by atoms with Crippen LogP contribution in [0.15, 0.2) is 40.1 Å². The minimum atomic E-state index is -0.601. The van der Waals surface area contributed by atoms with Crippen molar-refractivity contribution in [3.63, 3.8) is 0 Å². The zero-order valence-electron chi connectivity index (χ0n) is 14.8. The van der Waals surface area contributed by atoms with E-state index >= 15 is 0 Å². The summed E-state index contributed by atoms with van der Waals surface area (Å²) < 4.78 is 27.2. The zero-order chi connectivity index (χ0) is 19.6. The first-order chi connectivity index (χ1) is 13.5. The highest BCUT2D eigenvalue weighted by atomic mass is 32.2. The van der Waals surface area contributed by atoms with Crippen LogP contribution in [0.2, 0.25) is 0 Å². The zero-order valence-corrected chi connectivity index (χ0v) is 17.2. The Hall–Kier alpha value is -1.84. The van der Waals surface area contributed by atoms with Gasteiger partial charge in [-0.15, -0.1) is 21.5 Å². The largest absolute Gasteiger partial charge is 0.300 e. The lowest BCUT2D eigenvalue weighted by atomic mass is 9.83. The summed E-state index contributed by atoms with van der Waals surface area (Å²) in [6.45, 7) is 0. The van der Waals surface area contributed by atoms with Crippen LogP contribution in [0.4, 0.5) is 13.9 Å². The van der Waals surface area contributed by atoms with Crippen LogP contribution in [0.3, 0.4) is 0 Å². The minimum absolute atomic E-state index is 0.0349. The first kappa shape index (κ1) is 19.5. The molecule has 1 N–H and O–H groups in total. The molecule has 1 amide bonds. The number of carbonyl (C=O) groups is 1. The second-order valence-corrected chi connectivity index (χ2v) is 9.81. The van der Waals surface area contributed by atoms with E-state index in [-0.39, 0.29) is 5.91 Å². The van der Waals surface area contributed by atoms with Gasteiger partial charge < -0.3 is 0 Å². The van der Waals surface area contributed by atoms with Gasteiger partial charge in [-0.2, -0.15) is 0 Å². The van der Waals surface area contributed by atoms with E-state index in [0.717, 1.165) is 36.6 Å². The predicted octanol–water partition coefficient (Wildman–Crippen LogP) is 5.62. The molecule has 1 aliphatic carbocycles. The molecule has 4 nitrogen and oxygen atoms in total. The third-order valence-corrected chi connectivity index (χ3v) is 7.91. The molecule has 0 atom stereocenters. The van der Waals surface area contributed by atoms with Gasteiger partial charge in [-0.3, -0.25) is 10.1 Å². The van der Waals surface area contributed by atoms with E-state index in [2.05, 4.69) is 15.5 Å². The third kappa shape index (κ3) is 4.11. The molecular weight excluding hydrogens is 420 g/mol. The fourth-order valence-corrected chi connectivity index (χ4v) is 6.15. The van der Waals surface area contributed by atoms with E-state index < -0.39 is 17.0 Å². The van der Waals surface area contributed by atoms with Gasteiger partial charge in [-0.25, -0.2) is 8.78 Å². The van der Waals surface area contributed by atoms with Crippen LogP contribution in [0.5, 0.6) is 0 Å². The molecule has 9 heteroatoms. The van der Waals surface area contributed by atoms with Crippen molar-refractivity contribution in [3.8, 4) is 0 Å². The molecule has 3 aromatic rings. The SMILES string of the molecule is O=C(Nc1nnc(SCc2cc(F)cc(F)c2)s1)C1(c2cccs2)CCCC1. The molecule has 2 heterocycles. The van der Waals surface area contributed by atoms with E-state index in [1.165, 1.54) is 35.2 Å². The lowest BCUT2D eigenvalue weighted by Gasteiger charge is -2.25. The molecule has 0 unspecified atom stereocenters. The van der Waals surface area contributed by atoms with Gasteiger partial charge in [0, 0.05) is 16.7 Å². The third-order valence-electron chi connectivity index (χ3n) is 4.80. The van der Waals surface area contributed by atoms with Gasteiger partial charge in [0.2, 0.25) is 11.0 Å². The fourth-order valence-electron chi connectivity index (χ4n) is 3.49. The average molecular weight is 438 g/mol. The van der Waals surface area contributed by atoms with Crippen LogP contribution in [-0.2, 0) is 16.0 Å². The van der Waals surface area contributed by atoms with Crippen molar-refractivity contribution >= 4 is 45.5 Å². The Labute approximate surface area is 173 Å². The molecule has 2 aromatic heterocycles. The number of thioether (sulfide) groups is 1. The number of halogens is 2. The second-order valence-electron chi connectivity index (χ2n) is 6.66. The van der Waals surface area contributed by atoms with Crippen LogP contribution in [0.1, 0.15) is 36.1 Å². The molecule has 1 saturated carbocycles. The Morgan fingerprint density at radius 3 is 2.61 bits per heavy atom. The van der Waals surface area contributed by atoms with E-state index in [1.54, 1.807) is 11.3 Å². The summed E-state index contributed by atoms with van der Waals surface area (Å²) in [6.07, 6.45) is 3.75. The van der Waals surface area contributed by atoms with Gasteiger partial charge in [0.15, 0.2) is 4.34 Å². The smallest absolute Gasteiger partial charge is 0.237 e. The molecule has 146 valence electrons. The van der Waals surface area contributed by atoms with Gasteiger partial charge in [0.25, 0.3) is 0 Å². The summed E-state index contributed by atoms with van der Waals surface area (Å²) in [7, 11) is 0. The van der Waals surface area contributed by atoms with Crippen LogP contribution in [0.25, 0.3) is 0 Å². The number of thiophene rings is 1. The Kier molecular flexibility index (Phi) is 5.75. The topological polar surface area (TPSA) is 54.9 Å². The minimum Gasteiger partial charge on any atom is -0.300 e. The number of hydrogen-bond donors (Lipinski definition) is 1. The summed E-state index contributed by atoms with van der Waals surface area (Å²) in [5, 5.41) is 13.5. The number of hydrogen-bond acceptors (Lipinski definition) is 6. The summed E-state index contributed by atoms with van der Waals surface area (Å²) in [5.74, 6) is -0.865. The quantitative estimate of drug-likeness (QED) is 0.402. The molecule has 0 bridgehead atoms. The summed E-state index contributed by atoms with van der Waals surface area (Å²) in [5.41, 5.74) is 0.0533. The van der Waals surface area contributed by atoms with Crippen molar-refractivity contribution in [2.75, 3.05) is 5.32 Å². The van der Waals surface area contributed by atoms with Gasteiger partial charge in [-0.1, -0.05) is 42.0 Å². The molecule has 0 radical (unpaired) electrons. The highest BCUT2D eigenvalue weighted by molar-refractivity contribution is 8.00. The molecule has 1 aromatic carbocycles. The predicted molar refractivity (Wildman–Crippen MR) is 109 cm³/mol. The number of nitrogens with one attached hydrogen (secondary N) is 1. The second kappa shape index (κ2) is 8.26. The summed E-state index contributed by atoms with van der Waals surface area (Å²) in [6, 6.07) is 7.44. The normalized spacial score (nSPS) is 15.6. The van der Waals surface area contributed by atoms with Crippen LogP contribution in [-0.4, -0.2) is 16.1 Å². The molecule has 0 spiro atoms. The summed E-state index contributed by atoms with van der Waals surface area (Å²) >= 11 is 4.21. The van der Waals surface area contributed by atoms with E-state index in [1.807, 2.05) is 17.5 Å². The Bertz CT molecular complexity index is 948. The van der Waals surface area contributed by atoms with E-state index in [0.29, 0.717) is 20.8 Å². The number of carbonyl (C=O) groups excluding carboxylic acids is 1. The molecule has 4 rings (SSSR count). The van der Waals surface area contributed by atoms with E-state index in [4.69, 9.17) is 0 Å². The van der Waals surface area contributed by atoms with Crippen molar-refractivity contribution in [3.05, 3.63) is 57.8 Å². The van der Waals surface area contributed by atoms with Gasteiger partial charge in [0.1, 0.15) is 11.6 Å². The number of benzene rings is 1. The van der Waals surface area contributed by atoms with Crippen LogP contribution in [0, 0.1) is 11.6 Å². The van der Waals surface area contributed by atoms with Gasteiger partial charge in [-0.05, 0) is 42.0 Å². The van der Waals surface area contributed by atoms with Crippen molar-refractivity contribution in [2.24, 2.45) is 0 Å². The fraction of sp³-hybridized carbons (Fsp3) is 0.316. The van der Waals surface area contributed by atoms with Crippen molar-refractivity contribution in [1.82, 2.24) is 10.2 Å². The summed E-state index contributed by atoms with van der Waals surface area (Å²) in [4.78, 5) is 14.1. The molecular formula is C19H17F2N3OS3. The van der Waals surface area contributed by atoms with Crippen molar-refractivity contribution in [2.45, 2.75) is 41.2 Å². The maximum absolute atomic E-state index is 13.3. The number of nitrogens with zero attached hydrogens (tertiary/aromatic N) is 2. The van der Waals surface area contributed by atoms with Crippen LogP contribution >= 0.6 is 34.4 Å². The highest BCUT2D eigenvalue weighted by Gasteiger charge is 2.43. The number of anilines is 1. The first-order valence-corrected chi connectivity index (χ1v) is 11.5. The Morgan fingerprint density at radius 1 is 1.18 bits per heavy atom. The maximum atomic E-state index is 13.3. The van der Waals surface area contributed by atoms with Crippen molar-refractivity contribution in [1.29, 1.82) is 0 Å². The molecule has 0 saturated heterocycles. The van der Waals surface area contributed by atoms with Crippen molar-refractivity contribution < 1.29 is 13.6 Å². The van der Waals surface area contributed by atoms with Gasteiger partial charge in [0.05, 0.1) is 5.41 Å². The lowest BCUT2D eigenvalue weighted by Crippen LogP contribution is -2.37. The molecule has 0 aliphatic heterocycles. The number of amides is 1. The first-order valence-electron chi connectivity index (χ1n) is 8.82.